The molecule has 0 aliphatic carbocycles. The standard InChI is InChI=1S/C60H51N5/c1-59(2,3)44-19-25-57-53(35-44)51-11-7-9-13-55(51)64(57)49-37-48(38-50(39-49)65-56-14-10-8-12-52(56)54-36-45(60(4,5)6)20-26-58(54)65)63(46-21-15-40(16-22-46)42-27-31-61-32-28-42)47-23-17-41(18-24-47)43-29-33-62-34-30-43/h7-39H,1-6H3. The van der Waals surface area contributed by atoms with Gasteiger partial charge in [0.05, 0.1) is 39.1 Å². The van der Waals surface area contributed by atoms with Gasteiger partial charge in [0.25, 0.3) is 0 Å². The molecule has 5 nitrogen and oxygen atoms in total. The van der Waals surface area contributed by atoms with E-state index in [0.717, 1.165) is 50.7 Å². The molecule has 0 N–H and O–H groups in total. The minimum Gasteiger partial charge on any atom is -0.310 e. The minimum absolute atomic E-state index is 0.00820. The van der Waals surface area contributed by atoms with Crippen molar-refractivity contribution in [2.45, 2.75) is 52.4 Å². The summed E-state index contributed by atoms with van der Waals surface area (Å²) in [5, 5.41) is 4.98. The Morgan fingerprint density at radius 1 is 0.338 bits per heavy atom. The molecule has 0 radical (unpaired) electrons. The van der Waals surface area contributed by atoms with Crippen LogP contribution in [0, 0.1) is 0 Å². The lowest BCUT2D eigenvalue weighted by molar-refractivity contribution is 0.591. The highest BCUT2D eigenvalue weighted by Gasteiger charge is 2.23. The number of benzene rings is 7. The lowest BCUT2D eigenvalue weighted by Crippen LogP contribution is -2.12. The van der Waals surface area contributed by atoms with Gasteiger partial charge in [-0.3, -0.25) is 9.97 Å². The van der Waals surface area contributed by atoms with Crippen molar-refractivity contribution in [2.24, 2.45) is 0 Å². The Morgan fingerprint density at radius 2 is 0.708 bits per heavy atom. The van der Waals surface area contributed by atoms with E-state index < -0.39 is 0 Å². The zero-order chi connectivity index (χ0) is 44.5. The molecule has 5 heteroatoms. The van der Waals surface area contributed by atoms with Gasteiger partial charge in [-0.2, -0.15) is 0 Å². The van der Waals surface area contributed by atoms with Crippen molar-refractivity contribution in [1.29, 1.82) is 0 Å². The predicted octanol–water partition coefficient (Wildman–Crippen LogP) is 16.1. The van der Waals surface area contributed by atoms with Gasteiger partial charge >= 0.3 is 0 Å². The van der Waals surface area contributed by atoms with Crippen molar-refractivity contribution >= 4 is 60.7 Å². The molecule has 7 aromatic carbocycles. The highest BCUT2D eigenvalue weighted by molar-refractivity contribution is 6.11. The second kappa shape index (κ2) is 15.5. The van der Waals surface area contributed by atoms with Gasteiger partial charge in [0, 0.05) is 57.7 Å². The fraction of sp³-hybridized carbons (Fsp3) is 0.133. The van der Waals surface area contributed by atoms with Crippen molar-refractivity contribution in [3.05, 3.63) is 212 Å². The summed E-state index contributed by atoms with van der Waals surface area (Å²) < 4.78 is 4.93. The summed E-state index contributed by atoms with van der Waals surface area (Å²) in [6.45, 7) is 13.8. The fourth-order valence-electron chi connectivity index (χ4n) is 9.54. The van der Waals surface area contributed by atoms with Crippen LogP contribution in [0.1, 0.15) is 52.7 Å². The topological polar surface area (TPSA) is 38.9 Å². The van der Waals surface area contributed by atoms with Crippen molar-refractivity contribution in [3.63, 3.8) is 0 Å². The summed E-state index contributed by atoms with van der Waals surface area (Å²) in [6, 6.07) is 65.0. The molecule has 0 spiro atoms. The van der Waals surface area contributed by atoms with Gasteiger partial charge in [-0.1, -0.05) is 114 Å². The molecule has 0 atom stereocenters. The van der Waals surface area contributed by atoms with Crippen LogP contribution in [0.5, 0.6) is 0 Å². The first-order valence-electron chi connectivity index (χ1n) is 22.5. The van der Waals surface area contributed by atoms with Gasteiger partial charge in [-0.05, 0) is 147 Å². The molecule has 4 aromatic heterocycles. The van der Waals surface area contributed by atoms with Crippen LogP contribution >= 0.6 is 0 Å². The van der Waals surface area contributed by atoms with Crippen LogP contribution in [0.3, 0.4) is 0 Å². The molecule has 4 heterocycles. The van der Waals surface area contributed by atoms with Crippen LogP contribution in [-0.4, -0.2) is 19.1 Å². The number of pyridine rings is 2. The molecule has 11 rings (SSSR count). The van der Waals surface area contributed by atoms with E-state index in [1.165, 1.54) is 54.7 Å². The van der Waals surface area contributed by atoms with E-state index in [2.05, 4.69) is 241 Å². The van der Waals surface area contributed by atoms with Crippen molar-refractivity contribution in [2.75, 3.05) is 4.90 Å². The maximum Gasteiger partial charge on any atom is 0.0541 e. The number of hydrogen-bond acceptors (Lipinski definition) is 3. The average molecular weight is 842 g/mol. The van der Waals surface area contributed by atoms with Crippen molar-refractivity contribution < 1.29 is 0 Å². The maximum atomic E-state index is 4.27. The number of para-hydroxylation sites is 2. The van der Waals surface area contributed by atoms with Crippen molar-refractivity contribution in [3.8, 4) is 33.6 Å². The third-order valence-corrected chi connectivity index (χ3v) is 13.0. The Balaban J connectivity index is 1.21. The molecule has 316 valence electrons. The summed E-state index contributed by atoms with van der Waals surface area (Å²) >= 11 is 0. The number of hydrogen-bond donors (Lipinski definition) is 0. The minimum atomic E-state index is 0.00820. The van der Waals surface area contributed by atoms with Crippen LogP contribution in [-0.2, 0) is 10.8 Å². The monoisotopic (exact) mass is 841 g/mol. The molecule has 0 amide bonds. The first-order chi connectivity index (χ1) is 31.5. The van der Waals surface area contributed by atoms with Gasteiger partial charge in [-0.25, -0.2) is 0 Å². The van der Waals surface area contributed by atoms with E-state index in [0.29, 0.717) is 0 Å². The van der Waals surface area contributed by atoms with Crippen molar-refractivity contribution in [1.82, 2.24) is 19.1 Å². The SMILES string of the molecule is CC(C)(C)c1ccc2c(c1)c1ccccc1n2-c1cc(N(c2ccc(-c3ccncc3)cc2)c2ccc(-c3ccncc3)cc2)cc(-n2c3ccccc3c3cc(C(C)(C)C)ccc32)c1. The summed E-state index contributed by atoms with van der Waals surface area (Å²) in [4.78, 5) is 10.9. The average Bonchev–Trinajstić information content (AvgIpc) is 3.84. The first-order valence-corrected chi connectivity index (χ1v) is 22.5. The lowest BCUT2D eigenvalue weighted by Gasteiger charge is -2.28. The molecule has 65 heavy (non-hydrogen) atoms. The van der Waals surface area contributed by atoms with E-state index in [4.69, 9.17) is 0 Å². The van der Waals surface area contributed by atoms with Crippen LogP contribution in [0.2, 0.25) is 0 Å². The molecular weight excluding hydrogens is 791 g/mol. The number of nitrogens with zero attached hydrogens (tertiary/aromatic N) is 5. The van der Waals surface area contributed by atoms with Gasteiger partial charge in [0.1, 0.15) is 0 Å². The first kappa shape index (κ1) is 40.0. The van der Waals surface area contributed by atoms with Gasteiger partial charge in [0.2, 0.25) is 0 Å². The predicted molar refractivity (Wildman–Crippen MR) is 274 cm³/mol. The van der Waals surface area contributed by atoms with Crippen LogP contribution in [0.4, 0.5) is 17.1 Å². The third-order valence-electron chi connectivity index (χ3n) is 13.0. The van der Waals surface area contributed by atoms with Crippen LogP contribution < -0.4 is 4.90 Å². The smallest absolute Gasteiger partial charge is 0.0541 e. The number of rotatable bonds is 7. The number of anilines is 3. The van der Waals surface area contributed by atoms with E-state index >= 15 is 0 Å². The van der Waals surface area contributed by atoms with E-state index in [1.807, 2.05) is 24.8 Å². The molecule has 0 bridgehead atoms. The lowest BCUT2D eigenvalue weighted by atomic mass is 9.86. The van der Waals surface area contributed by atoms with E-state index in [-0.39, 0.29) is 10.8 Å². The Morgan fingerprint density at radius 3 is 1.11 bits per heavy atom. The van der Waals surface area contributed by atoms with Crippen LogP contribution in [0.25, 0.3) is 77.2 Å². The van der Waals surface area contributed by atoms with Gasteiger partial charge in [-0.15, -0.1) is 0 Å². The largest absolute Gasteiger partial charge is 0.310 e. The molecular formula is C60H51N5. The van der Waals surface area contributed by atoms with E-state index in [1.54, 1.807) is 0 Å². The van der Waals surface area contributed by atoms with Gasteiger partial charge in [0.15, 0.2) is 0 Å². The fourth-order valence-corrected chi connectivity index (χ4v) is 9.54. The summed E-state index contributed by atoms with van der Waals surface area (Å²) in [5.41, 5.74) is 17.2. The molecule has 0 unspecified atom stereocenters. The summed E-state index contributed by atoms with van der Waals surface area (Å²) in [5.74, 6) is 0. The molecule has 0 aliphatic rings. The Hall–Kier alpha value is -7.76. The molecule has 0 aliphatic heterocycles. The normalized spacial score (nSPS) is 12.2. The summed E-state index contributed by atoms with van der Waals surface area (Å²) in [6.07, 6.45) is 7.41. The van der Waals surface area contributed by atoms with Crippen LogP contribution in [0.15, 0.2) is 201 Å². The highest BCUT2D eigenvalue weighted by Crippen LogP contribution is 2.43. The second-order valence-electron chi connectivity index (χ2n) is 19.3. The number of fused-ring (bicyclic) bond motifs is 6. The van der Waals surface area contributed by atoms with Gasteiger partial charge < -0.3 is 14.0 Å². The maximum absolute atomic E-state index is 4.27. The third kappa shape index (κ3) is 7.14. The molecule has 11 aromatic rings. The Kier molecular flexibility index (Phi) is 9.55. The highest BCUT2D eigenvalue weighted by atomic mass is 15.1. The molecule has 0 fully saturated rings. The zero-order valence-electron chi connectivity index (χ0n) is 37.8. The zero-order valence-corrected chi connectivity index (χ0v) is 37.8. The van der Waals surface area contributed by atoms with E-state index in [9.17, 15) is 0 Å². The Labute approximate surface area is 380 Å². The Bertz CT molecular complexity index is 3300. The molecule has 0 saturated heterocycles. The molecule has 0 saturated carbocycles. The number of aromatic nitrogens is 4. The quantitative estimate of drug-likeness (QED) is 0.160. The second-order valence-corrected chi connectivity index (χ2v) is 19.3. The summed E-state index contributed by atoms with van der Waals surface area (Å²) in [7, 11) is 0.